The molecule has 0 saturated carbocycles. The van der Waals surface area contributed by atoms with E-state index in [0.29, 0.717) is 0 Å². The average Bonchev–Trinajstić information content (AvgIpc) is 2.41. The van der Waals surface area contributed by atoms with Gasteiger partial charge in [0.1, 0.15) is 0 Å². The largest absolute Gasteiger partial charge is 0.396 e. The van der Waals surface area contributed by atoms with Crippen molar-refractivity contribution in [2.75, 3.05) is 24.7 Å². The number of nitrogens with one attached hydrogen (secondary N) is 1. The van der Waals surface area contributed by atoms with Crippen LogP contribution in [-0.4, -0.2) is 24.5 Å². The minimum Gasteiger partial charge on any atom is -0.396 e. The van der Waals surface area contributed by atoms with E-state index in [1.165, 1.54) is 10.6 Å². The zero-order valence-corrected chi connectivity index (χ0v) is 11.8. The minimum atomic E-state index is 0.00548. The molecule has 0 spiro atoms. The van der Waals surface area contributed by atoms with Crippen LogP contribution in [0.1, 0.15) is 26.7 Å². The smallest absolute Gasteiger partial charge is 0.0504 e. The molecule has 0 bridgehead atoms. The first kappa shape index (κ1) is 14.4. The highest BCUT2D eigenvalue weighted by Crippen LogP contribution is 2.29. The maximum atomic E-state index is 9.54. The summed E-state index contributed by atoms with van der Waals surface area (Å²) in [5.41, 5.74) is 1.17. The molecule has 1 rings (SSSR count). The molecule has 0 aliphatic rings. The summed E-state index contributed by atoms with van der Waals surface area (Å²) >= 11 is 1.74. The maximum absolute atomic E-state index is 9.54. The van der Waals surface area contributed by atoms with Gasteiger partial charge in [-0.05, 0) is 31.2 Å². The lowest BCUT2D eigenvalue weighted by Crippen LogP contribution is -2.32. The summed E-state index contributed by atoms with van der Waals surface area (Å²) in [5.74, 6) is 0. The van der Waals surface area contributed by atoms with Gasteiger partial charge in [-0.25, -0.2) is 0 Å². The Bertz CT molecular complexity index is 328. The predicted octanol–water partition coefficient (Wildman–Crippen LogP) is 3.62. The first-order chi connectivity index (χ1) is 8.21. The number of thioether (sulfide) groups is 1. The van der Waals surface area contributed by atoms with E-state index in [4.69, 9.17) is 0 Å². The second-order valence-electron chi connectivity index (χ2n) is 4.42. The van der Waals surface area contributed by atoms with E-state index in [0.717, 1.165) is 19.4 Å². The Balaban J connectivity index is 2.71. The fraction of sp³-hybridized carbons (Fsp3) is 0.571. The Kier molecular flexibility index (Phi) is 5.86. The van der Waals surface area contributed by atoms with Gasteiger partial charge in [0.05, 0.1) is 6.61 Å². The molecular formula is C14H23NOS. The van der Waals surface area contributed by atoms with Crippen LogP contribution in [0.15, 0.2) is 29.2 Å². The van der Waals surface area contributed by atoms with Gasteiger partial charge in [-0.1, -0.05) is 26.0 Å². The number of aliphatic hydroxyl groups is 1. The summed E-state index contributed by atoms with van der Waals surface area (Å²) in [7, 11) is 0. The number of aliphatic hydroxyl groups excluding tert-OH is 1. The minimum absolute atomic E-state index is 0.00548. The molecule has 1 aromatic rings. The first-order valence-corrected chi connectivity index (χ1v) is 7.41. The monoisotopic (exact) mass is 253 g/mol. The van der Waals surface area contributed by atoms with E-state index in [2.05, 4.69) is 43.6 Å². The zero-order chi connectivity index (χ0) is 12.7. The molecule has 2 N–H and O–H groups in total. The van der Waals surface area contributed by atoms with Gasteiger partial charge >= 0.3 is 0 Å². The normalized spacial score (nSPS) is 11.5. The maximum Gasteiger partial charge on any atom is 0.0504 e. The Morgan fingerprint density at radius 1 is 1.24 bits per heavy atom. The van der Waals surface area contributed by atoms with Gasteiger partial charge in [-0.3, -0.25) is 0 Å². The van der Waals surface area contributed by atoms with Gasteiger partial charge in [-0.15, -0.1) is 11.8 Å². The Morgan fingerprint density at radius 2 is 1.88 bits per heavy atom. The van der Waals surface area contributed by atoms with E-state index in [-0.39, 0.29) is 12.0 Å². The number of benzene rings is 1. The third-order valence-corrected chi connectivity index (χ3v) is 4.39. The topological polar surface area (TPSA) is 32.3 Å². The molecule has 0 aromatic heterocycles. The molecule has 0 unspecified atom stereocenters. The van der Waals surface area contributed by atoms with E-state index >= 15 is 0 Å². The summed E-state index contributed by atoms with van der Waals surface area (Å²) in [5, 5.41) is 13.0. The van der Waals surface area contributed by atoms with Crippen molar-refractivity contribution in [3.8, 4) is 0 Å². The molecular weight excluding hydrogens is 230 g/mol. The first-order valence-electron chi connectivity index (χ1n) is 6.19. The van der Waals surface area contributed by atoms with Crippen LogP contribution >= 0.6 is 11.8 Å². The molecule has 0 fully saturated rings. The van der Waals surface area contributed by atoms with Crippen molar-refractivity contribution >= 4 is 17.4 Å². The Hall–Kier alpha value is -0.670. The van der Waals surface area contributed by atoms with E-state index in [1.807, 2.05) is 6.07 Å². The number of anilines is 1. The van der Waals surface area contributed by atoms with Gasteiger partial charge in [0.15, 0.2) is 0 Å². The summed E-state index contributed by atoms with van der Waals surface area (Å²) in [4.78, 5) is 1.26. The molecule has 0 aliphatic heterocycles. The van der Waals surface area contributed by atoms with Crippen molar-refractivity contribution in [3.63, 3.8) is 0 Å². The SMILES string of the molecule is CCC(CC)(CO)CNc1ccccc1SC. The van der Waals surface area contributed by atoms with Crippen LogP contribution in [0.3, 0.4) is 0 Å². The zero-order valence-electron chi connectivity index (χ0n) is 11.0. The van der Waals surface area contributed by atoms with Gasteiger partial charge in [-0.2, -0.15) is 0 Å². The standard InChI is InChI=1S/C14H23NOS/c1-4-14(5-2,11-16)10-15-12-8-6-7-9-13(12)17-3/h6-9,15-16H,4-5,10-11H2,1-3H3. The van der Waals surface area contributed by atoms with Crippen molar-refractivity contribution in [1.82, 2.24) is 0 Å². The fourth-order valence-corrected chi connectivity index (χ4v) is 2.43. The van der Waals surface area contributed by atoms with Crippen molar-refractivity contribution in [2.24, 2.45) is 5.41 Å². The third kappa shape index (κ3) is 3.65. The van der Waals surface area contributed by atoms with Gasteiger partial charge < -0.3 is 10.4 Å². The molecule has 0 radical (unpaired) electrons. The highest BCUT2D eigenvalue weighted by Gasteiger charge is 2.25. The molecule has 0 atom stereocenters. The van der Waals surface area contributed by atoms with Crippen LogP contribution in [0.4, 0.5) is 5.69 Å². The number of rotatable bonds is 7. The molecule has 0 heterocycles. The van der Waals surface area contributed by atoms with Crippen molar-refractivity contribution in [1.29, 1.82) is 0 Å². The third-order valence-electron chi connectivity index (χ3n) is 3.60. The molecule has 17 heavy (non-hydrogen) atoms. The van der Waals surface area contributed by atoms with Crippen LogP contribution in [0, 0.1) is 5.41 Å². The molecule has 1 aromatic carbocycles. The average molecular weight is 253 g/mol. The second kappa shape index (κ2) is 6.92. The van der Waals surface area contributed by atoms with Crippen molar-refractivity contribution < 1.29 is 5.11 Å². The highest BCUT2D eigenvalue weighted by atomic mass is 32.2. The summed E-state index contributed by atoms with van der Waals surface area (Å²) < 4.78 is 0. The lowest BCUT2D eigenvalue weighted by atomic mass is 9.83. The van der Waals surface area contributed by atoms with Crippen LogP contribution in [0.5, 0.6) is 0 Å². The molecule has 3 heteroatoms. The number of hydrogen-bond acceptors (Lipinski definition) is 3. The van der Waals surface area contributed by atoms with Gasteiger partial charge in [0.25, 0.3) is 0 Å². The molecule has 0 aliphatic carbocycles. The highest BCUT2D eigenvalue weighted by molar-refractivity contribution is 7.98. The Labute approximate surface area is 109 Å². The van der Waals surface area contributed by atoms with E-state index in [1.54, 1.807) is 11.8 Å². The quantitative estimate of drug-likeness (QED) is 0.728. The van der Waals surface area contributed by atoms with Crippen molar-refractivity contribution in [3.05, 3.63) is 24.3 Å². The van der Waals surface area contributed by atoms with Gasteiger partial charge in [0.2, 0.25) is 0 Å². The predicted molar refractivity (Wildman–Crippen MR) is 76.8 cm³/mol. The van der Waals surface area contributed by atoms with Gasteiger partial charge in [0, 0.05) is 22.5 Å². The fourth-order valence-electron chi connectivity index (χ4n) is 1.85. The lowest BCUT2D eigenvalue weighted by Gasteiger charge is -2.30. The summed E-state index contributed by atoms with van der Waals surface area (Å²) in [6.45, 7) is 5.35. The van der Waals surface area contributed by atoms with Crippen LogP contribution in [0.25, 0.3) is 0 Å². The number of para-hydroxylation sites is 1. The van der Waals surface area contributed by atoms with E-state index < -0.39 is 0 Å². The summed E-state index contributed by atoms with van der Waals surface area (Å²) in [6, 6.07) is 8.31. The molecule has 0 amide bonds. The molecule has 0 saturated heterocycles. The summed E-state index contributed by atoms with van der Waals surface area (Å²) in [6.07, 6.45) is 4.07. The second-order valence-corrected chi connectivity index (χ2v) is 5.27. The lowest BCUT2D eigenvalue weighted by molar-refractivity contribution is 0.127. The Morgan fingerprint density at radius 3 is 2.41 bits per heavy atom. The molecule has 96 valence electrons. The molecule has 2 nitrogen and oxygen atoms in total. The van der Waals surface area contributed by atoms with E-state index in [9.17, 15) is 5.11 Å². The van der Waals surface area contributed by atoms with Crippen LogP contribution < -0.4 is 5.32 Å². The number of hydrogen-bond donors (Lipinski definition) is 2. The van der Waals surface area contributed by atoms with Crippen molar-refractivity contribution in [2.45, 2.75) is 31.6 Å². The van der Waals surface area contributed by atoms with Crippen LogP contribution in [0.2, 0.25) is 0 Å². The van der Waals surface area contributed by atoms with Crippen LogP contribution in [-0.2, 0) is 0 Å².